The van der Waals surface area contributed by atoms with Gasteiger partial charge < -0.3 is 9.84 Å². The van der Waals surface area contributed by atoms with Gasteiger partial charge in [-0.15, -0.1) is 0 Å². The molecule has 0 aliphatic heterocycles. The van der Waals surface area contributed by atoms with E-state index in [0.29, 0.717) is 17.4 Å². The third-order valence-corrected chi connectivity index (χ3v) is 2.69. The van der Waals surface area contributed by atoms with Crippen molar-refractivity contribution in [2.45, 2.75) is 0 Å². The van der Waals surface area contributed by atoms with Gasteiger partial charge in [0.05, 0.1) is 12.7 Å². The summed E-state index contributed by atoms with van der Waals surface area (Å²) in [6.07, 6.45) is 0. The summed E-state index contributed by atoms with van der Waals surface area (Å²) < 4.78 is 32.3. The highest BCUT2D eigenvalue weighted by molar-refractivity contribution is 5.88. The minimum atomic E-state index is -1.50. The molecule has 98 valence electrons. The van der Waals surface area contributed by atoms with Crippen LogP contribution in [0.1, 0.15) is 10.4 Å². The number of methoxy groups -OCH3 is 1. The summed E-state index contributed by atoms with van der Waals surface area (Å²) in [5, 5.41) is 8.70. The summed E-state index contributed by atoms with van der Waals surface area (Å²) in [5.41, 5.74) is -0.242. The first kappa shape index (κ1) is 13.0. The maximum atomic E-state index is 13.8. The van der Waals surface area contributed by atoms with Crippen molar-refractivity contribution in [3.05, 3.63) is 53.6 Å². The Balaban J connectivity index is 2.50. The van der Waals surface area contributed by atoms with Gasteiger partial charge in [0.2, 0.25) is 0 Å². The van der Waals surface area contributed by atoms with Gasteiger partial charge >= 0.3 is 5.97 Å². The molecule has 5 heteroatoms. The van der Waals surface area contributed by atoms with E-state index in [1.807, 2.05) is 0 Å². The number of carbonyl (C=O) groups is 1. The van der Waals surface area contributed by atoms with Gasteiger partial charge in [0, 0.05) is 5.56 Å². The molecule has 0 saturated heterocycles. The van der Waals surface area contributed by atoms with Crippen LogP contribution >= 0.6 is 0 Å². The van der Waals surface area contributed by atoms with Crippen molar-refractivity contribution in [3.8, 4) is 16.9 Å². The fourth-order valence-electron chi connectivity index (χ4n) is 1.70. The van der Waals surface area contributed by atoms with E-state index in [9.17, 15) is 13.6 Å². The van der Waals surface area contributed by atoms with E-state index < -0.39 is 23.2 Å². The van der Waals surface area contributed by atoms with Crippen molar-refractivity contribution < 1.29 is 23.4 Å². The predicted octanol–water partition coefficient (Wildman–Crippen LogP) is 3.34. The van der Waals surface area contributed by atoms with Crippen molar-refractivity contribution in [2.75, 3.05) is 7.11 Å². The number of hydrogen-bond acceptors (Lipinski definition) is 2. The van der Waals surface area contributed by atoms with Gasteiger partial charge in [0.1, 0.15) is 17.4 Å². The van der Waals surface area contributed by atoms with E-state index in [2.05, 4.69) is 0 Å². The molecule has 0 spiro atoms. The van der Waals surface area contributed by atoms with Crippen LogP contribution in [0.2, 0.25) is 0 Å². The molecule has 0 aliphatic rings. The van der Waals surface area contributed by atoms with Gasteiger partial charge in [-0.1, -0.05) is 12.1 Å². The van der Waals surface area contributed by atoms with Gasteiger partial charge in [-0.25, -0.2) is 13.6 Å². The molecule has 0 unspecified atom stereocenters. The number of benzene rings is 2. The molecule has 0 heterocycles. The van der Waals surface area contributed by atoms with Crippen LogP contribution in [0.4, 0.5) is 8.78 Å². The molecule has 0 atom stereocenters. The third kappa shape index (κ3) is 2.54. The van der Waals surface area contributed by atoms with Gasteiger partial charge in [0.15, 0.2) is 0 Å². The largest absolute Gasteiger partial charge is 0.497 e. The molecule has 0 aromatic heterocycles. The summed E-state index contributed by atoms with van der Waals surface area (Å²) in [6.45, 7) is 0. The Morgan fingerprint density at radius 1 is 1.11 bits per heavy atom. The van der Waals surface area contributed by atoms with E-state index in [-0.39, 0.29) is 5.56 Å². The number of carboxylic acid groups (broad SMARTS) is 1. The van der Waals surface area contributed by atoms with Gasteiger partial charge in [-0.05, 0) is 29.8 Å². The Bertz CT molecular complexity index is 621. The summed E-state index contributed by atoms with van der Waals surface area (Å²) in [7, 11) is 1.50. The molecule has 0 bridgehead atoms. The molecule has 1 N–H and O–H groups in total. The Morgan fingerprint density at radius 3 is 2.26 bits per heavy atom. The molecule has 0 amide bonds. The van der Waals surface area contributed by atoms with Crippen LogP contribution in [-0.4, -0.2) is 18.2 Å². The maximum absolute atomic E-state index is 13.8. The normalized spacial score (nSPS) is 10.3. The van der Waals surface area contributed by atoms with E-state index in [1.54, 1.807) is 24.3 Å². The van der Waals surface area contributed by atoms with E-state index in [4.69, 9.17) is 9.84 Å². The van der Waals surface area contributed by atoms with Crippen molar-refractivity contribution >= 4 is 5.97 Å². The summed E-state index contributed by atoms with van der Waals surface area (Å²) in [6, 6.07) is 7.90. The fraction of sp³-hybridized carbons (Fsp3) is 0.0714. The zero-order valence-electron chi connectivity index (χ0n) is 9.98. The molecule has 0 radical (unpaired) electrons. The van der Waals surface area contributed by atoms with E-state index in [1.165, 1.54) is 7.11 Å². The monoisotopic (exact) mass is 264 g/mol. The first-order chi connectivity index (χ1) is 9.02. The number of carboxylic acids is 1. The topological polar surface area (TPSA) is 46.5 Å². The Morgan fingerprint density at radius 2 is 1.74 bits per heavy atom. The zero-order valence-corrected chi connectivity index (χ0v) is 9.98. The Labute approximate surface area is 108 Å². The maximum Gasteiger partial charge on any atom is 0.338 e. The zero-order chi connectivity index (χ0) is 14.0. The van der Waals surface area contributed by atoms with Crippen LogP contribution in [0.15, 0.2) is 36.4 Å². The van der Waals surface area contributed by atoms with Crippen LogP contribution in [0.5, 0.6) is 5.75 Å². The number of aromatic carboxylic acids is 1. The number of rotatable bonds is 3. The van der Waals surface area contributed by atoms with E-state index in [0.717, 1.165) is 6.07 Å². The van der Waals surface area contributed by atoms with Crippen LogP contribution < -0.4 is 4.74 Å². The second kappa shape index (κ2) is 5.06. The second-order valence-electron chi connectivity index (χ2n) is 3.85. The highest BCUT2D eigenvalue weighted by atomic mass is 19.1. The lowest BCUT2D eigenvalue weighted by Gasteiger charge is -2.07. The molecule has 2 rings (SSSR count). The summed E-state index contributed by atoms with van der Waals surface area (Å²) in [4.78, 5) is 10.7. The molecule has 0 fully saturated rings. The van der Waals surface area contributed by atoms with E-state index >= 15 is 0 Å². The molecule has 0 saturated carbocycles. The van der Waals surface area contributed by atoms with Crippen molar-refractivity contribution in [2.24, 2.45) is 0 Å². The molecular formula is C14H10F2O3. The van der Waals surface area contributed by atoms with Gasteiger partial charge in [0.25, 0.3) is 0 Å². The lowest BCUT2D eigenvalue weighted by Crippen LogP contribution is -2.02. The molecule has 3 nitrogen and oxygen atoms in total. The minimum Gasteiger partial charge on any atom is -0.497 e. The molecular weight excluding hydrogens is 254 g/mol. The van der Waals surface area contributed by atoms with Crippen molar-refractivity contribution in [1.29, 1.82) is 0 Å². The second-order valence-corrected chi connectivity index (χ2v) is 3.85. The van der Waals surface area contributed by atoms with Crippen LogP contribution in [0.25, 0.3) is 11.1 Å². The van der Waals surface area contributed by atoms with Crippen LogP contribution in [0.3, 0.4) is 0 Å². The predicted molar refractivity (Wildman–Crippen MR) is 65.3 cm³/mol. The Hall–Kier alpha value is -2.43. The van der Waals surface area contributed by atoms with Crippen molar-refractivity contribution in [3.63, 3.8) is 0 Å². The number of halogens is 2. The molecule has 19 heavy (non-hydrogen) atoms. The average molecular weight is 264 g/mol. The van der Waals surface area contributed by atoms with Crippen molar-refractivity contribution in [1.82, 2.24) is 0 Å². The highest BCUT2D eigenvalue weighted by Crippen LogP contribution is 2.27. The smallest absolute Gasteiger partial charge is 0.338 e. The Kier molecular flexibility index (Phi) is 3.46. The van der Waals surface area contributed by atoms with Gasteiger partial charge in [-0.3, -0.25) is 0 Å². The lowest BCUT2D eigenvalue weighted by atomic mass is 10.0. The molecule has 2 aromatic carbocycles. The molecule has 0 aliphatic carbocycles. The SMILES string of the molecule is COc1ccc(-c2cc(F)c(C(=O)O)cc2F)cc1. The number of ether oxygens (including phenoxy) is 1. The first-order valence-corrected chi connectivity index (χ1v) is 5.39. The van der Waals surface area contributed by atoms with Gasteiger partial charge in [-0.2, -0.15) is 0 Å². The highest BCUT2D eigenvalue weighted by Gasteiger charge is 2.16. The first-order valence-electron chi connectivity index (χ1n) is 5.39. The quantitative estimate of drug-likeness (QED) is 0.924. The standard InChI is InChI=1S/C14H10F2O3/c1-19-9-4-2-8(3-5-9)10-6-13(16)11(14(17)18)7-12(10)15/h2-7H,1H3,(H,17,18). The summed E-state index contributed by atoms with van der Waals surface area (Å²) >= 11 is 0. The average Bonchev–Trinajstić information content (AvgIpc) is 2.41. The minimum absolute atomic E-state index is 0.00477. The molecule has 2 aromatic rings. The fourth-order valence-corrected chi connectivity index (χ4v) is 1.70. The summed E-state index contributed by atoms with van der Waals surface area (Å²) in [5.74, 6) is -2.67. The lowest BCUT2D eigenvalue weighted by molar-refractivity contribution is 0.0691. The van der Waals surface area contributed by atoms with Crippen LogP contribution in [0, 0.1) is 11.6 Å². The third-order valence-electron chi connectivity index (χ3n) is 2.69. The number of hydrogen-bond donors (Lipinski definition) is 1. The van der Waals surface area contributed by atoms with Crippen LogP contribution in [-0.2, 0) is 0 Å².